The van der Waals surface area contributed by atoms with E-state index in [-0.39, 0.29) is 0 Å². The summed E-state index contributed by atoms with van der Waals surface area (Å²) >= 11 is 0. The van der Waals surface area contributed by atoms with Crippen LogP contribution in [0.2, 0.25) is 0 Å². The van der Waals surface area contributed by atoms with Crippen LogP contribution in [-0.2, 0) is 0 Å². The third-order valence-electron chi connectivity index (χ3n) is 3.59. The number of nitrogens with zero attached hydrogens (tertiary/aromatic N) is 4. The minimum atomic E-state index is 0.931. The van der Waals surface area contributed by atoms with Gasteiger partial charge in [0.15, 0.2) is 5.82 Å². The lowest BCUT2D eigenvalue weighted by Crippen LogP contribution is -2.47. The van der Waals surface area contributed by atoms with E-state index in [1.165, 1.54) is 0 Å². The van der Waals surface area contributed by atoms with Gasteiger partial charge in [0.2, 0.25) is 0 Å². The first kappa shape index (κ1) is 12.7. The van der Waals surface area contributed by atoms with Crippen LogP contribution in [0.4, 0.5) is 11.5 Å². The Labute approximate surface area is 118 Å². The van der Waals surface area contributed by atoms with E-state index in [0.29, 0.717) is 0 Å². The lowest BCUT2D eigenvalue weighted by Gasteiger charge is -2.36. The monoisotopic (exact) mass is 270 g/mol. The molecule has 2 aromatic rings. The van der Waals surface area contributed by atoms with Crippen molar-refractivity contribution in [2.75, 3.05) is 43.1 Å². The molecule has 0 amide bonds. The standard InChI is InChI=1S/C15H18N4O/c1-20-14-6-3-2-5-13(14)18-9-11-19(12-10-18)15-7-4-8-16-17-15/h2-8H,9-12H2,1H3. The second kappa shape index (κ2) is 5.77. The van der Waals surface area contributed by atoms with Crippen LogP contribution in [0, 0.1) is 0 Å². The van der Waals surface area contributed by atoms with Crippen molar-refractivity contribution in [1.82, 2.24) is 10.2 Å². The number of methoxy groups -OCH3 is 1. The van der Waals surface area contributed by atoms with Gasteiger partial charge >= 0.3 is 0 Å². The summed E-state index contributed by atoms with van der Waals surface area (Å²) in [6, 6.07) is 12.1. The van der Waals surface area contributed by atoms with Crippen LogP contribution in [-0.4, -0.2) is 43.5 Å². The van der Waals surface area contributed by atoms with Crippen molar-refractivity contribution in [2.24, 2.45) is 0 Å². The molecule has 1 aliphatic heterocycles. The van der Waals surface area contributed by atoms with Gasteiger partial charge < -0.3 is 14.5 Å². The Hall–Kier alpha value is -2.30. The molecule has 0 aliphatic carbocycles. The predicted molar refractivity (Wildman–Crippen MR) is 79.5 cm³/mol. The minimum absolute atomic E-state index is 0.931. The fourth-order valence-electron chi connectivity index (χ4n) is 2.53. The molecule has 0 unspecified atom stereocenters. The van der Waals surface area contributed by atoms with Gasteiger partial charge in [0.1, 0.15) is 5.75 Å². The van der Waals surface area contributed by atoms with Crippen molar-refractivity contribution in [3.05, 3.63) is 42.6 Å². The van der Waals surface area contributed by atoms with Crippen LogP contribution in [0.5, 0.6) is 5.75 Å². The predicted octanol–water partition coefficient (Wildman–Crippen LogP) is 1.81. The van der Waals surface area contributed by atoms with Gasteiger partial charge in [-0.05, 0) is 24.3 Å². The summed E-state index contributed by atoms with van der Waals surface area (Å²) in [4.78, 5) is 4.62. The summed E-state index contributed by atoms with van der Waals surface area (Å²) in [6.07, 6.45) is 1.70. The highest BCUT2D eigenvalue weighted by Gasteiger charge is 2.20. The molecule has 0 atom stereocenters. The first-order valence-electron chi connectivity index (χ1n) is 6.79. The van der Waals surface area contributed by atoms with Crippen LogP contribution in [0.25, 0.3) is 0 Å². The Morgan fingerprint density at radius 1 is 0.950 bits per heavy atom. The number of hydrogen-bond donors (Lipinski definition) is 0. The molecule has 0 saturated carbocycles. The molecular weight excluding hydrogens is 252 g/mol. The Morgan fingerprint density at radius 3 is 2.40 bits per heavy atom. The van der Waals surface area contributed by atoms with Gasteiger partial charge in [-0.3, -0.25) is 0 Å². The Balaban J connectivity index is 1.70. The number of anilines is 2. The molecule has 1 aliphatic rings. The zero-order valence-electron chi connectivity index (χ0n) is 11.6. The van der Waals surface area contributed by atoms with Crippen molar-refractivity contribution in [3.63, 3.8) is 0 Å². The molecule has 1 saturated heterocycles. The Bertz CT molecular complexity index is 553. The van der Waals surface area contributed by atoms with E-state index >= 15 is 0 Å². The summed E-state index contributed by atoms with van der Waals surface area (Å²) in [5.74, 6) is 1.88. The molecule has 3 rings (SSSR count). The van der Waals surface area contributed by atoms with E-state index in [9.17, 15) is 0 Å². The molecule has 0 N–H and O–H groups in total. The van der Waals surface area contributed by atoms with Crippen LogP contribution in [0.1, 0.15) is 0 Å². The molecule has 0 spiro atoms. The van der Waals surface area contributed by atoms with Crippen LogP contribution < -0.4 is 14.5 Å². The zero-order valence-corrected chi connectivity index (χ0v) is 11.6. The first-order valence-corrected chi connectivity index (χ1v) is 6.79. The molecule has 1 fully saturated rings. The summed E-state index contributed by atoms with van der Waals surface area (Å²) < 4.78 is 5.43. The lowest BCUT2D eigenvalue weighted by atomic mass is 10.2. The number of para-hydroxylation sites is 2. The second-order valence-electron chi connectivity index (χ2n) is 4.73. The highest BCUT2D eigenvalue weighted by atomic mass is 16.5. The molecule has 5 heteroatoms. The van der Waals surface area contributed by atoms with Crippen molar-refractivity contribution in [2.45, 2.75) is 0 Å². The Kier molecular flexibility index (Phi) is 3.67. The van der Waals surface area contributed by atoms with Crippen molar-refractivity contribution in [3.8, 4) is 5.75 Å². The SMILES string of the molecule is COc1ccccc1N1CCN(c2cccnn2)CC1. The summed E-state index contributed by atoms with van der Waals surface area (Å²) in [6.45, 7) is 3.79. The normalized spacial score (nSPS) is 15.2. The van der Waals surface area contributed by atoms with E-state index in [0.717, 1.165) is 43.4 Å². The van der Waals surface area contributed by atoms with Gasteiger partial charge in [0, 0.05) is 32.4 Å². The summed E-state index contributed by atoms with van der Waals surface area (Å²) in [5.41, 5.74) is 1.16. The molecule has 0 bridgehead atoms. The molecular formula is C15H18N4O. The molecule has 0 radical (unpaired) electrons. The molecule has 5 nitrogen and oxygen atoms in total. The topological polar surface area (TPSA) is 41.5 Å². The summed E-state index contributed by atoms with van der Waals surface area (Å²) in [5, 5.41) is 8.11. The maximum Gasteiger partial charge on any atom is 0.151 e. The quantitative estimate of drug-likeness (QED) is 0.851. The second-order valence-corrected chi connectivity index (χ2v) is 4.73. The Morgan fingerprint density at radius 2 is 1.70 bits per heavy atom. The lowest BCUT2D eigenvalue weighted by molar-refractivity contribution is 0.413. The van der Waals surface area contributed by atoms with Crippen molar-refractivity contribution >= 4 is 11.5 Å². The number of aromatic nitrogens is 2. The highest BCUT2D eigenvalue weighted by Crippen LogP contribution is 2.28. The van der Waals surface area contributed by atoms with Gasteiger partial charge in [-0.25, -0.2) is 0 Å². The minimum Gasteiger partial charge on any atom is -0.495 e. The largest absolute Gasteiger partial charge is 0.495 e. The van der Waals surface area contributed by atoms with Gasteiger partial charge in [-0.15, -0.1) is 5.10 Å². The maximum absolute atomic E-state index is 5.43. The van der Waals surface area contributed by atoms with Gasteiger partial charge in [0.25, 0.3) is 0 Å². The molecule has 1 aromatic carbocycles. The molecule has 2 heterocycles. The fraction of sp³-hybridized carbons (Fsp3) is 0.333. The first-order chi connectivity index (χ1) is 9.88. The van der Waals surface area contributed by atoms with Crippen LogP contribution in [0.15, 0.2) is 42.6 Å². The smallest absolute Gasteiger partial charge is 0.151 e. The van der Waals surface area contributed by atoms with Gasteiger partial charge in [-0.2, -0.15) is 5.10 Å². The number of benzene rings is 1. The summed E-state index contributed by atoms with van der Waals surface area (Å²) in [7, 11) is 1.72. The van der Waals surface area contributed by atoms with E-state index in [1.807, 2.05) is 30.3 Å². The highest BCUT2D eigenvalue weighted by molar-refractivity contribution is 5.59. The third-order valence-corrected chi connectivity index (χ3v) is 3.59. The van der Waals surface area contributed by atoms with E-state index in [2.05, 4.69) is 26.1 Å². The molecule has 104 valence electrons. The van der Waals surface area contributed by atoms with E-state index in [1.54, 1.807) is 13.3 Å². The average molecular weight is 270 g/mol. The van der Waals surface area contributed by atoms with Crippen LogP contribution in [0.3, 0.4) is 0 Å². The zero-order chi connectivity index (χ0) is 13.8. The van der Waals surface area contributed by atoms with E-state index in [4.69, 9.17) is 4.74 Å². The van der Waals surface area contributed by atoms with E-state index < -0.39 is 0 Å². The fourth-order valence-corrected chi connectivity index (χ4v) is 2.53. The molecule has 20 heavy (non-hydrogen) atoms. The average Bonchev–Trinajstić information content (AvgIpc) is 2.56. The number of rotatable bonds is 3. The number of hydrogen-bond acceptors (Lipinski definition) is 5. The maximum atomic E-state index is 5.43. The number of piperazine rings is 1. The molecule has 1 aromatic heterocycles. The van der Waals surface area contributed by atoms with Crippen LogP contribution >= 0.6 is 0 Å². The van der Waals surface area contributed by atoms with Crippen molar-refractivity contribution in [1.29, 1.82) is 0 Å². The third kappa shape index (κ3) is 2.52. The van der Waals surface area contributed by atoms with Gasteiger partial charge in [-0.1, -0.05) is 12.1 Å². The van der Waals surface area contributed by atoms with Gasteiger partial charge in [0.05, 0.1) is 12.8 Å². The number of ether oxygens (including phenoxy) is 1. The van der Waals surface area contributed by atoms with Crippen molar-refractivity contribution < 1.29 is 4.74 Å².